The summed E-state index contributed by atoms with van der Waals surface area (Å²) in [5.74, 6) is -0.905. The van der Waals surface area contributed by atoms with Gasteiger partial charge in [0.2, 0.25) is 10.0 Å². The van der Waals surface area contributed by atoms with Gasteiger partial charge in [0.25, 0.3) is 5.91 Å². The average Bonchev–Trinajstić information content (AvgIpc) is 3.30. The molecule has 2 aromatic heterocycles. The van der Waals surface area contributed by atoms with Gasteiger partial charge in [-0.2, -0.15) is 9.40 Å². The van der Waals surface area contributed by atoms with Crippen molar-refractivity contribution in [3.05, 3.63) is 111 Å². The predicted molar refractivity (Wildman–Crippen MR) is 153 cm³/mol. The molecule has 0 aliphatic carbocycles. The minimum Gasteiger partial charge on any atom is -0.343 e. The largest absolute Gasteiger partial charge is 0.343 e. The lowest BCUT2D eigenvalue weighted by molar-refractivity contribution is 0.0932. The lowest BCUT2D eigenvalue weighted by Gasteiger charge is -2.28. The molecule has 0 saturated carbocycles. The Bertz CT molecular complexity index is 1720. The molecule has 4 aromatic rings. The number of halogens is 3. The highest BCUT2D eigenvalue weighted by molar-refractivity contribution is 7.88. The van der Waals surface area contributed by atoms with Crippen LogP contribution in [0.25, 0.3) is 17.3 Å². The molecule has 0 saturated heterocycles. The molecule has 1 unspecified atom stereocenters. The van der Waals surface area contributed by atoms with Crippen molar-refractivity contribution in [3.63, 3.8) is 0 Å². The van der Waals surface area contributed by atoms with Crippen LogP contribution in [-0.4, -0.2) is 46.2 Å². The van der Waals surface area contributed by atoms with Crippen LogP contribution in [0, 0.1) is 5.82 Å². The van der Waals surface area contributed by atoms with Gasteiger partial charge in [0.1, 0.15) is 5.82 Å². The molecule has 1 amide bonds. The van der Waals surface area contributed by atoms with E-state index in [4.69, 9.17) is 23.2 Å². The second-order valence-corrected chi connectivity index (χ2v) is 12.2. The number of fused-ring (bicyclic) bond motifs is 1. The van der Waals surface area contributed by atoms with Gasteiger partial charge >= 0.3 is 0 Å². The summed E-state index contributed by atoms with van der Waals surface area (Å²) in [7, 11) is -3.67. The van der Waals surface area contributed by atoms with Crippen molar-refractivity contribution < 1.29 is 17.6 Å². The Labute approximate surface area is 241 Å². The van der Waals surface area contributed by atoms with Gasteiger partial charge < -0.3 is 5.32 Å². The van der Waals surface area contributed by atoms with Crippen LogP contribution in [0.1, 0.15) is 46.0 Å². The van der Waals surface area contributed by atoms with Crippen molar-refractivity contribution in [2.45, 2.75) is 19.5 Å². The van der Waals surface area contributed by atoms with E-state index in [0.29, 0.717) is 43.8 Å². The number of carbonyl (C=O) groups excluding carboxylic acids is 1. The van der Waals surface area contributed by atoms with Crippen LogP contribution in [0.5, 0.6) is 0 Å². The fourth-order valence-electron chi connectivity index (χ4n) is 4.52. The fourth-order valence-corrected chi connectivity index (χ4v) is 5.74. The quantitative estimate of drug-likeness (QED) is 0.315. The third-order valence-corrected chi connectivity index (χ3v) is 8.21. The Hall–Kier alpha value is -3.57. The lowest BCUT2D eigenvalue weighted by atomic mass is 9.98. The monoisotopic (exact) mass is 599 g/mol. The van der Waals surface area contributed by atoms with Gasteiger partial charge in [-0.15, -0.1) is 0 Å². The molecule has 5 rings (SSSR count). The van der Waals surface area contributed by atoms with E-state index >= 15 is 0 Å². The van der Waals surface area contributed by atoms with Gasteiger partial charge in [0.05, 0.1) is 34.4 Å². The van der Waals surface area contributed by atoms with Gasteiger partial charge in [-0.05, 0) is 66.6 Å². The van der Waals surface area contributed by atoms with E-state index in [1.165, 1.54) is 21.1 Å². The summed E-state index contributed by atoms with van der Waals surface area (Å²) in [6, 6.07) is 15.6. The van der Waals surface area contributed by atoms with Crippen LogP contribution in [0.3, 0.4) is 0 Å². The topological polar surface area (TPSA) is 97.2 Å². The van der Waals surface area contributed by atoms with Crippen LogP contribution >= 0.6 is 23.2 Å². The van der Waals surface area contributed by atoms with Crippen molar-refractivity contribution in [2.75, 3.05) is 12.8 Å². The van der Waals surface area contributed by atoms with Gasteiger partial charge in [-0.3, -0.25) is 9.78 Å². The predicted octanol–water partition coefficient (Wildman–Crippen LogP) is 5.52. The zero-order valence-corrected chi connectivity index (χ0v) is 23.8. The molecule has 0 bridgehead atoms. The summed E-state index contributed by atoms with van der Waals surface area (Å²) >= 11 is 12.7. The molecular formula is C28H24Cl2FN5O3S. The molecule has 1 aliphatic rings. The molecular weight excluding hydrogens is 576 g/mol. The second kappa shape index (κ2) is 11.1. The zero-order valence-electron chi connectivity index (χ0n) is 21.5. The van der Waals surface area contributed by atoms with Crippen molar-refractivity contribution in [2.24, 2.45) is 0 Å². The van der Waals surface area contributed by atoms with E-state index in [1.807, 2.05) is 6.07 Å². The Morgan fingerprint density at radius 1 is 1.10 bits per heavy atom. The summed E-state index contributed by atoms with van der Waals surface area (Å²) in [6.07, 6.45) is 4.49. The number of nitrogens with one attached hydrogen (secondary N) is 1. The molecule has 1 atom stereocenters. The first-order valence-electron chi connectivity index (χ1n) is 12.2. The molecule has 1 aliphatic heterocycles. The van der Waals surface area contributed by atoms with Crippen molar-refractivity contribution in [1.82, 2.24) is 24.4 Å². The number of hydrogen-bond donors (Lipinski definition) is 1. The summed E-state index contributed by atoms with van der Waals surface area (Å²) in [5.41, 5.74) is 3.26. The Kier molecular flexibility index (Phi) is 7.78. The fraction of sp³-hybridized carbons (Fsp3) is 0.179. The maximum absolute atomic E-state index is 13.6. The summed E-state index contributed by atoms with van der Waals surface area (Å²) in [4.78, 5) is 17.9. The molecule has 0 spiro atoms. The number of benzene rings is 2. The number of amides is 1. The normalized spacial score (nSPS) is 15.6. The van der Waals surface area contributed by atoms with E-state index in [-0.39, 0.29) is 18.8 Å². The Morgan fingerprint density at radius 2 is 1.85 bits per heavy atom. The van der Waals surface area contributed by atoms with Gasteiger partial charge in [-0.1, -0.05) is 41.4 Å². The van der Waals surface area contributed by atoms with Crippen molar-refractivity contribution in [3.8, 4) is 5.69 Å². The van der Waals surface area contributed by atoms with E-state index in [2.05, 4.69) is 15.4 Å². The van der Waals surface area contributed by atoms with Gasteiger partial charge in [-0.25, -0.2) is 17.5 Å². The third-order valence-electron chi connectivity index (χ3n) is 6.48. The summed E-state index contributed by atoms with van der Waals surface area (Å²) < 4.78 is 41.9. The highest BCUT2D eigenvalue weighted by Crippen LogP contribution is 2.36. The van der Waals surface area contributed by atoms with Crippen molar-refractivity contribution >= 4 is 50.8 Å². The molecule has 40 heavy (non-hydrogen) atoms. The Balaban J connectivity index is 1.70. The smallest absolute Gasteiger partial charge is 0.272 e. The summed E-state index contributed by atoms with van der Waals surface area (Å²) in [6.45, 7) is 1.72. The number of hydrogen-bond acceptors (Lipinski definition) is 5. The minimum absolute atomic E-state index is 0.00547. The SMILES string of the molecule is CC(NC(=O)c1nn(-c2ccc(Cl)cc2Cl)c2c1CN(S(C)(=O)=O)CC2=Cc1ccc(F)cc1)c1ccccn1. The summed E-state index contributed by atoms with van der Waals surface area (Å²) in [5, 5.41) is 8.28. The van der Waals surface area contributed by atoms with Gasteiger partial charge in [0, 0.05) is 29.9 Å². The highest BCUT2D eigenvalue weighted by atomic mass is 35.5. The molecule has 0 radical (unpaired) electrons. The molecule has 2 aromatic carbocycles. The van der Waals surface area contributed by atoms with Crippen LogP contribution in [0.4, 0.5) is 4.39 Å². The van der Waals surface area contributed by atoms with Crippen LogP contribution < -0.4 is 5.32 Å². The minimum atomic E-state index is -3.67. The lowest BCUT2D eigenvalue weighted by Crippen LogP contribution is -2.36. The molecule has 3 heterocycles. The van der Waals surface area contributed by atoms with E-state index in [9.17, 15) is 17.6 Å². The van der Waals surface area contributed by atoms with Crippen LogP contribution in [0.2, 0.25) is 10.0 Å². The highest BCUT2D eigenvalue weighted by Gasteiger charge is 2.35. The maximum Gasteiger partial charge on any atom is 0.272 e. The number of carbonyl (C=O) groups is 1. The molecule has 206 valence electrons. The molecule has 1 N–H and O–H groups in total. The number of sulfonamides is 1. The van der Waals surface area contributed by atoms with Gasteiger partial charge in [0.15, 0.2) is 5.69 Å². The first kappa shape index (κ1) is 28.0. The third kappa shape index (κ3) is 5.80. The first-order chi connectivity index (χ1) is 19.0. The maximum atomic E-state index is 13.6. The number of pyridine rings is 1. The standard InChI is InChI=1S/C28H24Cl2FN5O3S/c1-17(24-5-3-4-12-32-24)33-28(37)26-22-16-35(40(2,38)39)15-19(13-18-6-9-21(31)10-7-18)27(22)36(34-26)25-11-8-20(29)14-23(25)30/h3-14,17H,15-16H2,1-2H3,(H,33,37). The van der Waals surface area contributed by atoms with Crippen LogP contribution in [-0.2, 0) is 16.6 Å². The molecule has 8 nitrogen and oxygen atoms in total. The number of aromatic nitrogens is 3. The molecule has 12 heteroatoms. The van der Waals surface area contributed by atoms with E-state index < -0.39 is 27.8 Å². The average molecular weight is 601 g/mol. The van der Waals surface area contributed by atoms with Crippen molar-refractivity contribution in [1.29, 1.82) is 0 Å². The second-order valence-electron chi connectivity index (χ2n) is 9.39. The number of nitrogens with zero attached hydrogens (tertiary/aromatic N) is 4. The first-order valence-corrected chi connectivity index (χ1v) is 14.8. The van der Waals surface area contributed by atoms with E-state index in [1.54, 1.807) is 61.7 Å². The van der Waals surface area contributed by atoms with E-state index in [0.717, 1.165) is 6.26 Å². The Morgan fingerprint density at radius 3 is 2.50 bits per heavy atom. The molecule has 0 fully saturated rings. The number of rotatable bonds is 6. The van der Waals surface area contributed by atoms with Crippen LogP contribution in [0.15, 0.2) is 66.9 Å². The zero-order chi connectivity index (χ0) is 28.6.